The number of nitrogens with zero attached hydrogens (tertiary/aromatic N) is 5. The lowest BCUT2D eigenvalue weighted by Gasteiger charge is -2.16. The molecule has 10 heteroatoms. The minimum atomic E-state index is -1.36. The molecule has 3 aromatic rings. The first kappa shape index (κ1) is 18.8. The van der Waals surface area contributed by atoms with Crippen LogP contribution in [0.15, 0.2) is 45.4 Å². The van der Waals surface area contributed by atoms with Gasteiger partial charge in [-0.05, 0) is 17.5 Å². The molecule has 0 spiro atoms. The Balaban J connectivity index is 2.10. The summed E-state index contributed by atoms with van der Waals surface area (Å²) in [6.07, 6.45) is 0. The SMILES string of the molecule is [C-]#[N+]c1c(N=Nc2c(C(=O)O)[nH]n(-c3ccccc3)c2=O)n[nH]c1C(C)(C)C. The van der Waals surface area contributed by atoms with E-state index in [0.29, 0.717) is 11.4 Å². The molecule has 0 bridgehead atoms. The quantitative estimate of drug-likeness (QED) is 0.469. The maximum absolute atomic E-state index is 12.7. The van der Waals surface area contributed by atoms with Crippen molar-refractivity contribution in [1.29, 1.82) is 0 Å². The molecule has 1 aromatic carbocycles. The number of rotatable bonds is 4. The Morgan fingerprint density at radius 1 is 1.25 bits per heavy atom. The Kier molecular flexibility index (Phi) is 4.67. The topological polar surface area (TPSA) is 133 Å². The number of aromatic amines is 2. The molecule has 0 aliphatic heterocycles. The summed E-state index contributed by atoms with van der Waals surface area (Å²) in [6.45, 7) is 13.1. The van der Waals surface area contributed by atoms with Crippen LogP contribution in [0.2, 0.25) is 0 Å². The van der Waals surface area contributed by atoms with E-state index in [1.807, 2.05) is 20.8 Å². The zero-order chi connectivity index (χ0) is 20.5. The number of azo groups is 1. The molecule has 0 saturated carbocycles. The van der Waals surface area contributed by atoms with E-state index in [0.717, 1.165) is 4.68 Å². The number of aromatic carboxylic acids is 1. The van der Waals surface area contributed by atoms with E-state index in [9.17, 15) is 14.7 Å². The van der Waals surface area contributed by atoms with Gasteiger partial charge in [-0.3, -0.25) is 15.0 Å². The van der Waals surface area contributed by atoms with Crippen molar-refractivity contribution in [2.75, 3.05) is 0 Å². The second kappa shape index (κ2) is 6.96. The van der Waals surface area contributed by atoms with Crippen molar-refractivity contribution in [1.82, 2.24) is 20.0 Å². The molecule has 0 amide bonds. The first-order chi connectivity index (χ1) is 13.2. The summed E-state index contributed by atoms with van der Waals surface area (Å²) in [5.41, 5.74) is -0.642. The molecule has 3 rings (SSSR count). The average molecular weight is 379 g/mol. The number of benzene rings is 1. The molecular weight excluding hydrogens is 362 g/mol. The van der Waals surface area contributed by atoms with Gasteiger partial charge in [-0.1, -0.05) is 39.0 Å². The van der Waals surface area contributed by atoms with Crippen LogP contribution in [0, 0.1) is 6.57 Å². The van der Waals surface area contributed by atoms with E-state index in [1.165, 1.54) is 0 Å². The largest absolute Gasteiger partial charge is 0.476 e. The van der Waals surface area contributed by atoms with Crippen LogP contribution in [0.3, 0.4) is 0 Å². The Hall–Kier alpha value is -4.00. The third kappa shape index (κ3) is 3.33. The van der Waals surface area contributed by atoms with Crippen LogP contribution < -0.4 is 5.56 Å². The molecule has 142 valence electrons. The predicted octanol–water partition coefficient (Wildman–Crippen LogP) is 3.85. The Bertz CT molecular complexity index is 1150. The number of aromatic nitrogens is 4. The number of carbonyl (C=O) groups is 1. The molecular formula is C18H17N7O3. The second-order valence-electron chi connectivity index (χ2n) is 6.95. The van der Waals surface area contributed by atoms with Gasteiger partial charge in [0.2, 0.25) is 5.82 Å². The number of hydrogen-bond acceptors (Lipinski definition) is 5. The fourth-order valence-corrected chi connectivity index (χ4v) is 2.55. The zero-order valence-electron chi connectivity index (χ0n) is 15.4. The Morgan fingerprint density at radius 3 is 2.50 bits per heavy atom. The van der Waals surface area contributed by atoms with Crippen molar-refractivity contribution in [2.24, 2.45) is 10.2 Å². The normalized spacial score (nSPS) is 11.6. The highest BCUT2D eigenvalue weighted by atomic mass is 16.4. The van der Waals surface area contributed by atoms with Crippen LogP contribution in [0.1, 0.15) is 37.0 Å². The predicted molar refractivity (Wildman–Crippen MR) is 101 cm³/mol. The number of hydrogen-bond donors (Lipinski definition) is 3. The number of carboxylic acids is 1. The lowest BCUT2D eigenvalue weighted by Crippen LogP contribution is -2.13. The summed E-state index contributed by atoms with van der Waals surface area (Å²) < 4.78 is 1.07. The smallest absolute Gasteiger partial charge is 0.356 e. The lowest BCUT2D eigenvalue weighted by atomic mass is 9.91. The van der Waals surface area contributed by atoms with Gasteiger partial charge in [0, 0.05) is 5.69 Å². The summed E-state index contributed by atoms with van der Waals surface area (Å²) in [5.74, 6) is -1.37. The monoisotopic (exact) mass is 379 g/mol. The fraction of sp³-hybridized carbons (Fsp3) is 0.222. The van der Waals surface area contributed by atoms with Crippen molar-refractivity contribution in [3.63, 3.8) is 0 Å². The third-order valence-corrected chi connectivity index (χ3v) is 3.92. The molecule has 0 radical (unpaired) electrons. The van der Waals surface area contributed by atoms with Crippen LogP contribution >= 0.6 is 0 Å². The van der Waals surface area contributed by atoms with Crippen molar-refractivity contribution in [3.8, 4) is 5.69 Å². The van der Waals surface area contributed by atoms with Gasteiger partial charge in [0.1, 0.15) is 0 Å². The van der Waals surface area contributed by atoms with E-state index in [4.69, 9.17) is 6.57 Å². The fourth-order valence-electron chi connectivity index (χ4n) is 2.55. The van der Waals surface area contributed by atoms with E-state index in [-0.39, 0.29) is 22.6 Å². The van der Waals surface area contributed by atoms with E-state index in [2.05, 4.69) is 30.4 Å². The highest BCUT2D eigenvalue weighted by Gasteiger charge is 2.25. The highest BCUT2D eigenvalue weighted by molar-refractivity contribution is 5.91. The van der Waals surface area contributed by atoms with E-state index in [1.54, 1.807) is 30.3 Å². The number of para-hydroxylation sites is 1. The van der Waals surface area contributed by atoms with Crippen molar-refractivity contribution in [2.45, 2.75) is 26.2 Å². The van der Waals surface area contributed by atoms with Crippen LogP contribution in [-0.4, -0.2) is 31.1 Å². The number of nitrogens with one attached hydrogen (secondary N) is 2. The molecule has 0 unspecified atom stereocenters. The third-order valence-electron chi connectivity index (χ3n) is 3.92. The van der Waals surface area contributed by atoms with Gasteiger partial charge in [0.05, 0.1) is 12.3 Å². The molecule has 0 atom stereocenters. The molecule has 0 saturated heterocycles. The minimum absolute atomic E-state index is 0.0110. The lowest BCUT2D eigenvalue weighted by molar-refractivity contribution is 0.0691. The van der Waals surface area contributed by atoms with Gasteiger partial charge in [0.15, 0.2) is 11.4 Å². The summed E-state index contributed by atoms with van der Waals surface area (Å²) in [5, 5.41) is 26.3. The van der Waals surface area contributed by atoms with Gasteiger partial charge < -0.3 is 5.11 Å². The number of H-pyrrole nitrogens is 2. The zero-order valence-corrected chi connectivity index (χ0v) is 15.4. The van der Waals surface area contributed by atoms with E-state index >= 15 is 0 Å². The molecule has 28 heavy (non-hydrogen) atoms. The summed E-state index contributed by atoms with van der Waals surface area (Å²) in [4.78, 5) is 27.6. The van der Waals surface area contributed by atoms with Crippen LogP contribution in [0.5, 0.6) is 0 Å². The van der Waals surface area contributed by atoms with Crippen molar-refractivity contribution < 1.29 is 9.90 Å². The molecule has 0 aliphatic rings. The summed E-state index contributed by atoms with van der Waals surface area (Å²) >= 11 is 0. The molecule has 10 nitrogen and oxygen atoms in total. The molecule has 3 N–H and O–H groups in total. The van der Waals surface area contributed by atoms with E-state index < -0.39 is 17.2 Å². The highest BCUT2D eigenvalue weighted by Crippen LogP contribution is 2.37. The first-order valence-corrected chi connectivity index (χ1v) is 8.25. The average Bonchev–Trinajstić information content (AvgIpc) is 3.21. The maximum Gasteiger partial charge on any atom is 0.356 e. The van der Waals surface area contributed by atoms with Gasteiger partial charge >= 0.3 is 5.97 Å². The Labute approximate surface area is 159 Å². The first-order valence-electron chi connectivity index (χ1n) is 8.25. The standard InChI is InChI=1S/C18H17N7O3/c1-18(2,3)14-13(19-4)15(23-21-14)22-20-11-12(17(27)28)24-25(16(11)26)10-8-6-5-7-9-10/h5-9,24H,1-3H3,(H,21,23)(H,27,28). The van der Waals surface area contributed by atoms with Crippen LogP contribution in [-0.2, 0) is 5.41 Å². The molecule has 2 heterocycles. The number of carboxylic acid groups (broad SMARTS) is 1. The van der Waals surface area contributed by atoms with Gasteiger partial charge in [-0.2, -0.15) is 5.10 Å². The van der Waals surface area contributed by atoms with Gasteiger partial charge in [-0.15, -0.1) is 10.2 Å². The molecule has 0 aliphatic carbocycles. The minimum Gasteiger partial charge on any atom is -0.476 e. The van der Waals surface area contributed by atoms with Crippen LogP contribution in [0.25, 0.3) is 10.5 Å². The van der Waals surface area contributed by atoms with Gasteiger partial charge in [-0.25, -0.2) is 14.3 Å². The van der Waals surface area contributed by atoms with Gasteiger partial charge in [0.25, 0.3) is 11.2 Å². The van der Waals surface area contributed by atoms with Crippen molar-refractivity contribution in [3.05, 3.63) is 63.5 Å². The Morgan fingerprint density at radius 2 is 1.93 bits per heavy atom. The molecule has 2 aromatic heterocycles. The van der Waals surface area contributed by atoms with Crippen LogP contribution in [0.4, 0.5) is 17.2 Å². The summed E-state index contributed by atoms with van der Waals surface area (Å²) in [7, 11) is 0. The maximum atomic E-state index is 12.7. The van der Waals surface area contributed by atoms with Crippen molar-refractivity contribution >= 4 is 23.2 Å². The second-order valence-corrected chi connectivity index (χ2v) is 6.95. The molecule has 0 fully saturated rings. The summed E-state index contributed by atoms with van der Waals surface area (Å²) in [6, 6.07) is 8.48.